The van der Waals surface area contributed by atoms with E-state index in [2.05, 4.69) is 15.2 Å². The first-order valence-corrected chi connectivity index (χ1v) is 7.67. The molecule has 0 aliphatic heterocycles. The third-order valence-electron chi connectivity index (χ3n) is 3.92. The van der Waals surface area contributed by atoms with Crippen molar-refractivity contribution in [3.8, 4) is 11.5 Å². The number of rotatable bonds is 4. The molecular formula is C19H17N3O3. The molecular weight excluding hydrogens is 318 g/mol. The summed E-state index contributed by atoms with van der Waals surface area (Å²) >= 11 is 0. The molecule has 25 heavy (non-hydrogen) atoms. The molecule has 3 rings (SSSR count). The van der Waals surface area contributed by atoms with Crippen molar-refractivity contribution >= 4 is 23.2 Å². The fraction of sp³-hybridized carbons (Fsp3) is 0.105. The zero-order valence-corrected chi connectivity index (χ0v) is 13.6. The molecule has 0 atom stereocenters. The van der Waals surface area contributed by atoms with Crippen molar-refractivity contribution in [3.63, 3.8) is 0 Å². The lowest BCUT2D eigenvalue weighted by atomic mass is 10.0. The number of phenolic OH excluding ortho intramolecular Hbond substituents is 1. The molecule has 0 spiro atoms. The van der Waals surface area contributed by atoms with Crippen LogP contribution in [-0.2, 0) is 6.61 Å². The van der Waals surface area contributed by atoms with Crippen molar-refractivity contribution in [1.82, 2.24) is 4.98 Å². The monoisotopic (exact) mass is 335 g/mol. The summed E-state index contributed by atoms with van der Waals surface area (Å²) in [6.07, 6.45) is 4.29. The summed E-state index contributed by atoms with van der Waals surface area (Å²) < 4.78 is 0. The van der Waals surface area contributed by atoms with Crippen LogP contribution in [0.1, 0.15) is 22.4 Å². The van der Waals surface area contributed by atoms with Crippen LogP contribution in [0.2, 0.25) is 0 Å². The highest BCUT2D eigenvalue weighted by atomic mass is 16.3. The van der Waals surface area contributed by atoms with Gasteiger partial charge in [0.05, 0.1) is 24.7 Å². The first-order chi connectivity index (χ1) is 12.1. The fourth-order valence-corrected chi connectivity index (χ4v) is 2.52. The van der Waals surface area contributed by atoms with Gasteiger partial charge in [0.2, 0.25) is 0 Å². The van der Waals surface area contributed by atoms with Gasteiger partial charge in [0.1, 0.15) is 11.5 Å². The molecule has 2 aromatic carbocycles. The average molecular weight is 335 g/mol. The Hall–Kier alpha value is -3.25. The van der Waals surface area contributed by atoms with E-state index < -0.39 is 0 Å². The van der Waals surface area contributed by atoms with Crippen LogP contribution in [0.4, 0.5) is 0 Å². The van der Waals surface area contributed by atoms with E-state index in [1.165, 1.54) is 18.6 Å². The number of hydrogen-bond donors (Lipinski definition) is 3. The Bertz CT molecular complexity index is 981. The zero-order chi connectivity index (χ0) is 17.8. The van der Waals surface area contributed by atoms with Crippen LogP contribution in [0.25, 0.3) is 10.8 Å². The van der Waals surface area contributed by atoms with E-state index in [1.807, 2.05) is 30.3 Å². The molecule has 0 radical (unpaired) electrons. The maximum absolute atomic E-state index is 10.1. The number of aromatic hydroxyl groups is 2. The normalized spacial score (nSPS) is 11.8. The van der Waals surface area contributed by atoms with Crippen molar-refractivity contribution in [2.75, 3.05) is 0 Å². The standard InChI is InChI=1S/C19H17N3O3/c1-12-19(25)16(14(11-23)8-20-12)9-21-22-10-17-15-5-3-2-4-13(15)6-7-18(17)24/h2-10,23-25H,11H2,1H3/b21-9+,22-10+. The summed E-state index contributed by atoms with van der Waals surface area (Å²) in [5.41, 5.74) is 1.83. The van der Waals surface area contributed by atoms with E-state index in [9.17, 15) is 15.3 Å². The maximum Gasteiger partial charge on any atom is 0.145 e. The summed E-state index contributed by atoms with van der Waals surface area (Å²) in [6, 6.07) is 11.1. The smallest absolute Gasteiger partial charge is 0.145 e. The molecule has 6 heteroatoms. The lowest BCUT2D eigenvalue weighted by Crippen LogP contribution is -1.97. The van der Waals surface area contributed by atoms with Gasteiger partial charge in [-0.15, -0.1) is 0 Å². The number of nitrogens with zero attached hydrogens (tertiary/aromatic N) is 3. The minimum Gasteiger partial charge on any atom is -0.507 e. The summed E-state index contributed by atoms with van der Waals surface area (Å²) in [4.78, 5) is 3.99. The molecule has 126 valence electrons. The first kappa shape index (κ1) is 16.6. The van der Waals surface area contributed by atoms with Gasteiger partial charge in [-0.05, 0) is 23.8 Å². The molecule has 0 fully saturated rings. The van der Waals surface area contributed by atoms with Crippen molar-refractivity contribution in [1.29, 1.82) is 0 Å². The average Bonchev–Trinajstić information content (AvgIpc) is 2.63. The number of phenols is 1. The van der Waals surface area contributed by atoms with Crippen molar-refractivity contribution in [2.24, 2.45) is 10.2 Å². The topological polar surface area (TPSA) is 98.3 Å². The molecule has 0 unspecified atom stereocenters. The Kier molecular flexibility index (Phi) is 4.72. The quantitative estimate of drug-likeness (QED) is 0.504. The fourth-order valence-electron chi connectivity index (χ4n) is 2.52. The van der Waals surface area contributed by atoms with E-state index >= 15 is 0 Å². The van der Waals surface area contributed by atoms with Gasteiger partial charge < -0.3 is 15.3 Å². The number of aryl methyl sites for hydroxylation is 1. The minimum absolute atomic E-state index is 0.0430. The van der Waals surface area contributed by atoms with Gasteiger partial charge in [0.15, 0.2) is 0 Å². The molecule has 0 saturated heterocycles. The Morgan fingerprint density at radius 3 is 2.48 bits per heavy atom. The number of aromatic nitrogens is 1. The summed E-state index contributed by atoms with van der Waals surface area (Å²) in [6.45, 7) is 1.39. The number of aliphatic hydroxyl groups excluding tert-OH is 1. The van der Waals surface area contributed by atoms with Crippen LogP contribution in [0.5, 0.6) is 11.5 Å². The Morgan fingerprint density at radius 2 is 1.72 bits per heavy atom. The third kappa shape index (κ3) is 3.34. The Balaban J connectivity index is 1.94. The predicted molar refractivity (Wildman–Crippen MR) is 97.4 cm³/mol. The number of benzene rings is 2. The van der Waals surface area contributed by atoms with Gasteiger partial charge in [-0.1, -0.05) is 30.3 Å². The second-order valence-electron chi connectivity index (χ2n) is 5.50. The van der Waals surface area contributed by atoms with Gasteiger partial charge in [-0.3, -0.25) is 4.98 Å². The maximum atomic E-state index is 10.1. The second-order valence-corrected chi connectivity index (χ2v) is 5.50. The molecule has 0 bridgehead atoms. The van der Waals surface area contributed by atoms with E-state index in [4.69, 9.17) is 0 Å². The number of fused-ring (bicyclic) bond motifs is 1. The molecule has 0 amide bonds. The molecule has 3 N–H and O–H groups in total. The molecule has 6 nitrogen and oxygen atoms in total. The highest BCUT2D eigenvalue weighted by Crippen LogP contribution is 2.25. The van der Waals surface area contributed by atoms with Crippen LogP contribution in [0, 0.1) is 6.92 Å². The lowest BCUT2D eigenvalue weighted by Gasteiger charge is -2.06. The summed E-state index contributed by atoms with van der Waals surface area (Å²) in [5.74, 6) is 0.0646. The van der Waals surface area contributed by atoms with Gasteiger partial charge in [0.25, 0.3) is 0 Å². The molecule has 0 saturated carbocycles. The predicted octanol–water partition coefficient (Wildman–Crippen LogP) is 2.90. The zero-order valence-electron chi connectivity index (χ0n) is 13.6. The molecule has 0 aliphatic rings. The van der Waals surface area contributed by atoms with Crippen LogP contribution in [0.15, 0.2) is 52.8 Å². The van der Waals surface area contributed by atoms with Crippen molar-refractivity contribution in [3.05, 3.63) is 65.0 Å². The van der Waals surface area contributed by atoms with Gasteiger partial charge >= 0.3 is 0 Å². The van der Waals surface area contributed by atoms with E-state index in [0.29, 0.717) is 22.4 Å². The van der Waals surface area contributed by atoms with Crippen LogP contribution in [-0.4, -0.2) is 32.7 Å². The van der Waals surface area contributed by atoms with Gasteiger partial charge in [0, 0.05) is 22.9 Å². The molecule has 0 aliphatic carbocycles. The molecule has 3 aromatic rings. The Morgan fingerprint density at radius 1 is 1.00 bits per heavy atom. The first-order valence-electron chi connectivity index (χ1n) is 7.67. The van der Waals surface area contributed by atoms with Gasteiger partial charge in [-0.2, -0.15) is 10.2 Å². The van der Waals surface area contributed by atoms with Crippen LogP contribution in [0.3, 0.4) is 0 Å². The number of aliphatic hydroxyl groups is 1. The summed E-state index contributed by atoms with van der Waals surface area (Å²) in [7, 11) is 0. The van der Waals surface area contributed by atoms with E-state index in [1.54, 1.807) is 13.0 Å². The van der Waals surface area contributed by atoms with Crippen molar-refractivity contribution < 1.29 is 15.3 Å². The second kappa shape index (κ2) is 7.11. The largest absolute Gasteiger partial charge is 0.507 e. The number of pyridine rings is 1. The van der Waals surface area contributed by atoms with E-state index in [0.717, 1.165) is 10.8 Å². The lowest BCUT2D eigenvalue weighted by molar-refractivity contribution is 0.280. The third-order valence-corrected chi connectivity index (χ3v) is 3.92. The van der Waals surface area contributed by atoms with Crippen LogP contribution < -0.4 is 0 Å². The minimum atomic E-state index is -0.268. The highest BCUT2D eigenvalue weighted by molar-refractivity contribution is 6.02. The van der Waals surface area contributed by atoms with Crippen LogP contribution >= 0.6 is 0 Å². The van der Waals surface area contributed by atoms with E-state index in [-0.39, 0.29) is 18.1 Å². The SMILES string of the molecule is Cc1ncc(CO)c(/C=N/N=C/c2c(O)ccc3ccccc23)c1O. The highest BCUT2D eigenvalue weighted by Gasteiger charge is 2.09. The number of hydrogen-bond acceptors (Lipinski definition) is 6. The Labute approximate surface area is 144 Å². The van der Waals surface area contributed by atoms with Gasteiger partial charge in [-0.25, -0.2) is 0 Å². The van der Waals surface area contributed by atoms with Crippen molar-refractivity contribution in [2.45, 2.75) is 13.5 Å². The summed E-state index contributed by atoms with van der Waals surface area (Å²) in [5, 5.41) is 39.2. The molecule has 1 heterocycles. The molecule has 1 aromatic heterocycles.